The van der Waals surface area contributed by atoms with Gasteiger partial charge in [-0.3, -0.25) is 20.4 Å². The van der Waals surface area contributed by atoms with E-state index in [1.807, 2.05) is 0 Å². The van der Waals surface area contributed by atoms with Crippen molar-refractivity contribution in [3.8, 4) is 5.75 Å². The van der Waals surface area contributed by atoms with Gasteiger partial charge in [-0.25, -0.2) is 0 Å². The van der Waals surface area contributed by atoms with E-state index < -0.39 is 11.8 Å². The van der Waals surface area contributed by atoms with Crippen molar-refractivity contribution in [1.29, 1.82) is 0 Å². The lowest BCUT2D eigenvalue weighted by molar-refractivity contribution is 0.0845. The molecule has 2 rings (SSSR count). The number of hydrogen-bond acceptors (Lipinski definition) is 5. The van der Waals surface area contributed by atoms with Crippen molar-refractivity contribution in [1.82, 2.24) is 16.0 Å². The van der Waals surface area contributed by atoms with Crippen LogP contribution in [0, 0.1) is 13.8 Å². The first-order chi connectivity index (χ1) is 9.49. The highest BCUT2D eigenvalue weighted by Gasteiger charge is 2.18. The number of nitrogens with one attached hydrogen (secondary N) is 2. The monoisotopic (exact) mass is 275 g/mol. The molecular formula is C13H13N3O4. The van der Waals surface area contributed by atoms with Crippen molar-refractivity contribution >= 4 is 11.8 Å². The van der Waals surface area contributed by atoms with Gasteiger partial charge in [0, 0.05) is 5.56 Å². The molecule has 0 fully saturated rings. The second-order valence-corrected chi connectivity index (χ2v) is 4.15. The molecule has 2 aromatic rings. The van der Waals surface area contributed by atoms with Crippen LogP contribution >= 0.6 is 0 Å². The largest absolute Gasteiger partial charge is 0.508 e. The molecule has 0 saturated carbocycles. The van der Waals surface area contributed by atoms with Crippen LogP contribution in [0.25, 0.3) is 0 Å². The molecule has 0 spiro atoms. The van der Waals surface area contributed by atoms with Crippen molar-refractivity contribution in [3.05, 3.63) is 46.8 Å². The number of hydrazine groups is 1. The summed E-state index contributed by atoms with van der Waals surface area (Å²) in [5.41, 5.74) is 5.59. The van der Waals surface area contributed by atoms with Crippen molar-refractivity contribution in [2.75, 3.05) is 0 Å². The second kappa shape index (κ2) is 5.43. The Morgan fingerprint density at radius 2 is 1.70 bits per heavy atom. The number of nitrogens with zero attached hydrogens (tertiary/aromatic N) is 1. The molecule has 3 N–H and O–H groups in total. The summed E-state index contributed by atoms with van der Waals surface area (Å²) in [5.74, 6) is -0.571. The summed E-state index contributed by atoms with van der Waals surface area (Å²) in [4.78, 5) is 23.6. The predicted octanol–water partition coefficient (Wildman–Crippen LogP) is 1.07. The number of aromatic hydroxyl groups is 1. The molecule has 2 amide bonds. The van der Waals surface area contributed by atoms with Crippen molar-refractivity contribution in [3.63, 3.8) is 0 Å². The van der Waals surface area contributed by atoms with Crippen LogP contribution < -0.4 is 10.9 Å². The molecule has 0 aliphatic heterocycles. The van der Waals surface area contributed by atoms with Crippen molar-refractivity contribution < 1.29 is 19.2 Å². The van der Waals surface area contributed by atoms with Crippen molar-refractivity contribution in [2.24, 2.45) is 0 Å². The molecule has 0 bridgehead atoms. The third-order valence-corrected chi connectivity index (χ3v) is 2.68. The fourth-order valence-electron chi connectivity index (χ4n) is 1.67. The Labute approximate surface area is 114 Å². The Balaban J connectivity index is 2.00. The minimum Gasteiger partial charge on any atom is -0.508 e. The summed E-state index contributed by atoms with van der Waals surface area (Å²) < 4.78 is 4.87. The minimum absolute atomic E-state index is 0.0568. The van der Waals surface area contributed by atoms with E-state index in [0.29, 0.717) is 17.0 Å². The SMILES string of the molecule is Cc1noc(C)c1C(=O)NNC(=O)c1ccc(O)cc1. The van der Waals surface area contributed by atoms with Gasteiger partial charge in [-0.15, -0.1) is 0 Å². The zero-order valence-corrected chi connectivity index (χ0v) is 10.9. The number of aromatic nitrogens is 1. The lowest BCUT2D eigenvalue weighted by Crippen LogP contribution is -2.41. The maximum atomic E-state index is 11.9. The number of rotatable bonds is 2. The number of amides is 2. The van der Waals surface area contributed by atoms with Gasteiger partial charge in [-0.05, 0) is 38.1 Å². The second-order valence-electron chi connectivity index (χ2n) is 4.15. The van der Waals surface area contributed by atoms with Gasteiger partial charge in [0.15, 0.2) is 0 Å². The van der Waals surface area contributed by atoms with E-state index in [1.165, 1.54) is 24.3 Å². The van der Waals surface area contributed by atoms with E-state index in [0.717, 1.165) is 0 Å². The van der Waals surface area contributed by atoms with Crippen LogP contribution in [0.1, 0.15) is 32.2 Å². The van der Waals surface area contributed by atoms with E-state index in [-0.39, 0.29) is 11.3 Å². The van der Waals surface area contributed by atoms with Crippen LogP contribution in [-0.4, -0.2) is 22.1 Å². The zero-order valence-electron chi connectivity index (χ0n) is 10.9. The summed E-state index contributed by atoms with van der Waals surface area (Å²) >= 11 is 0. The molecule has 1 aromatic carbocycles. The summed E-state index contributed by atoms with van der Waals surface area (Å²) in [7, 11) is 0. The Kier molecular flexibility index (Phi) is 3.69. The highest BCUT2D eigenvalue weighted by Crippen LogP contribution is 2.11. The highest BCUT2D eigenvalue weighted by atomic mass is 16.5. The van der Waals surface area contributed by atoms with E-state index in [2.05, 4.69) is 16.0 Å². The van der Waals surface area contributed by atoms with Gasteiger partial charge in [-0.1, -0.05) is 5.16 Å². The Morgan fingerprint density at radius 3 is 2.25 bits per heavy atom. The average molecular weight is 275 g/mol. The van der Waals surface area contributed by atoms with Crippen LogP contribution in [0.3, 0.4) is 0 Å². The Bertz CT molecular complexity index is 627. The molecule has 0 atom stereocenters. The first-order valence-corrected chi connectivity index (χ1v) is 5.81. The molecule has 0 saturated heterocycles. The first-order valence-electron chi connectivity index (χ1n) is 5.81. The quantitative estimate of drug-likeness (QED) is 0.711. The van der Waals surface area contributed by atoms with Crippen LogP contribution in [0.15, 0.2) is 28.8 Å². The summed E-state index contributed by atoms with van der Waals surface area (Å²) in [6.45, 7) is 3.24. The first kappa shape index (κ1) is 13.6. The van der Waals surface area contributed by atoms with Gasteiger partial charge >= 0.3 is 0 Å². The number of phenolic OH excluding ortho intramolecular Hbond substituents is 1. The summed E-state index contributed by atoms with van der Waals surface area (Å²) in [5, 5.41) is 12.8. The molecule has 0 unspecified atom stereocenters. The number of carbonyl (C=O) groups excluding carboxylic acids is 2. The molecule has 20 heavy (non-hydrogen) atoms. The highest BCUT2D eigenvalue weighted by molar-refractivity contribution is 6.00. The third kappa shape index (κ3) is 2.77. The lowest BCUT2D eigenvalue weighted by Gasteiger charge is -2.07. The topological polar surface area (TPSA) is 104 Å². The summed E-state index contributed by atoms with van der Waals surface area (Å²) in [6.07, 6.45) is 0. The molecule has 104 valence electrons. The van der Waals surface area contributed by atoms with Gasteiger partial charge in [0.2, 0.25) is 0 Å². The van der Waals surface area contributed by atoms with Crippen LogP contribution in [0.2, 0.25) is 0 Å². The minimum atomic E-state index is -0.506. The number of phenols is 1. The molecule has 1 aromatic heterocycles. The summed E-state index contributed by atoms with van der Waals surface area (Å²) in [6, 6.07) is 5.63. The molecule has 0 aliphatic carbocycles. The maximum Gasteiger partial charge on any atom is 0.275 e. The van der Waals surface area contributed by atoms with Crippen molar-refractivity contribution in [2.45, 2.75) is 13.8 Å². The van der Waals surface area contributed by atoms with Gasteiger partial charge < -0.3 is 9.63 Å². The van der Waals surface area contributed by atoms with Gasteiger partial charge in [0.05, 0.1) is 5.69 Å². The average Bonchev–Trinajstić information content (AvgIpc) is 2.76. The fourth-order valence-corrected chi connectivity index (χ4v) is 1.67. The smallest absolute Gasteiger partial charge is 0.275 e. The zero-order chi connectivity index (χ0) is 14.7. The van der Waals surface area contributed by atoms with Gasteiger partial charge in [-0.2, -0.15) is 0 Å². The number of hydrogen-bond donors (Lipinski definition) is 3. The maximum absolute atomic E-state index is 11.9. The van der Waals surface area contributed by atoms with E-state index >= 15 is 0 Å². The Hall–Kier alpha value is -2.83. The van der Waals surface area contributed by atoms with Crippen LogP contribution in [-0.2, 0) is 0 Å². The standard InChI is InChI=1S/C13H13N3O4/c1-7-11(8(2)20-16-7)13(19)15-14-12(18)9-3-5-10(17)6-4-9/h3-6,17H,1-2H3,(H,14,18)(H,15,19). The number of benzene rings is 1. The van der Waals surface area contributed by atoms with Crippen LogP contribution in [0.4, 0.5) is 0 Å². The molecule has 0 aliphatic rings. The third-order valence-electron chi connectivity index (χ3n) is 2.68. The molecule has 7 nitrogen and oxygen atoms in total. The van der Waals surface area contributed by atoms with E-state index in [1.54, 1.807) is 13.8 Å². The predicted molar refractivity (Wildman–Crippen MR) is 69.0 cm³/mol. The van der Waals surface area contributed by atoms with E-state index in [9.17, 15) is 9.59 Å². The number of carbonyl (C=O) groups is 2. The van der Waals surface area contributed by atoms with E-state index in [4.69, 9.17) is 9.63 Å². The molecule has 0 radical (unpaired) electrons. The lowest BCUT2D eigenvalue weighted by atomic mass is 10.2. The van der Waals surface area contributed by atoms with Gasteiger partial charge in [0.1, 0.15) is 17.1 Å². The molecular weight excluding hydrogens is 262 g/mol. The Morgan fingerprint density at radius 1 is 1.10 bits per heavy atom. The molecule has 7 heteroatoms. The molecule has 1 heterocycles. The van der Waals surface area contributed by atoms with Gasteiger partial charge in [0.25, 0.3) is 11.8 Å². The fraction of sp³-hybridized carbons (Fsp3) is 0.154. The normalized spacial score (nSPS) is 10.1. The van der Waals surface area contributed by atoms with Crippen LogP contribution in [0.5, 0.6) is 5.75 Å². The number of aryl methyl sites for hydroxylation is 2.